The third-order valence-electron chi connectivity index (χ3n) is 5.78. The molecular weight excluding hydrogens is 384 g/mol. The van der Waals surface area contributed by atoms with Crippen LogP contribution in [0.4, 0.5) is 0 Å². The quantitative estimate of drug-likeness (QED) is 0.135. The van der Waals surface area contributed by atoms with Gasteiger partial charge in [0.05, 0.1) is 12.7 Å². The van der Waals surface area contributed by atoms with Crippen molar-refractivity contribution in [2.45, 2.75) is 130 Å². The van der Waals surface area contributed by atoms with Gasteiger partial charge in [-0.2, -0.15) is 0 Å². The van der Waals surface area contributed by atoms with E-state index in [9.17, 15) is 0 Å². The van der Waals surface area contributed by atoms with Gasteiger partial charge < -0.3 is 14.2 Å². The van der Waals surface area contributed by atoms with E-state index < -0.39 is 0 Å². The molecule has 0 saturated carbocycles. The van der Waals surface area contributed by atoms with Crippen LogP contribution in [0.1, 0.15) is 116 Å². The van der Waals surface area contributed by atoms with E-state index in [1.807, 2.05) is 6.07 Å². The lowest BCUT2D eigenvalue weighted by atomic mass is 10.1. The van der Waals surface area contributed by atoms with Gasteiger partial charge in [-0.3, -0.25) is 0 Å². The molecule has 0 aliphatic heterocycles. The summed E-state index contributed by atoms with van der Waals surface area (Å²) < 4.78 is 18.1. The molecule has 0 aliphatic rings. The lowest BCUT2D eigenvalue weighted by Crippen LogP contribution is -2.19. The van der Waals surface area contributed by atoms with Crippen molar-refractivity contribution in [2.24, 2.45) is 0 Å². The second kappa shape index (κ2) is 21.0. The number of hydrogen-bond donors (Lipinski definition) is 0. The highest BCUT2D eigenvalue weighted by molar-refractivity contribution is 5.13. The lowest BCUT2D eigenvalue weighted by molar-refractivity contribution is -0.148. The Bertz CT molecular complexity index is 462. The van der Waals surface area contributed by atoms with Crippen LogP contribution in [0.15, 0.2) is 30.3 Å². The fourth-order valence-corrected chi connectivity index (χ4v) is 3.69. The second-order valence-corrected chi connectivity index (χ2v) is 8.89. The van der Waals surface area contributed by atoms with Gasteiger partial charge in [0, 0.05) is 13.2 Å². The van der Waals surface area contributed by atoms with E-state index in [0.717, 1.165) is 45.5 Å². The number of benzene rings is 1. The van der Waals surface area contributed by atoms with Crippen LogP contribution in [0, 0.1) is 0 Å². The van der Waals surface area contributed by atoms with Gasteiger partial charge in [0.25, 0.3) is 0 Å². The van der Waals surface area contributed by atoms with Gasteiger partial charge in [-0.15, -0.1) is 0 Å². The second-order valence-electron chi connectivity index (χ2n) is 8.89. The summed E-state index contributed by atoms with van der Waals surface area (Å²) in [6, 6.07) is 10.4. The summed E-state index contributed by atoms with van der Waals surface area (Å²) in [5.41, 5.74) is 1.25. The van der Waals surface area contributed by atoms with Crippen LogP contribution < -0.4 is 0 Å². The minimum atomic E-state index is -0.00335. The average Bonchev–Trinajstić information content (AvgIpc) is 2.79. The van der Waals surface area contributed by atoms with Crippen LogP contribution >= 0.6 is 0 Å². The highest BCUT2D eigenvalue weighted by atomic mass is 16.7. The molecule has 0 saturated heterocycles. The van der Waals surface area contributed by atoms with Crippen molar-refractivity contribution >= 4 is 0 Å². The van der Waals surface area contributed by atoms with Crippen LogP contribution in [0.5, 0.6) is 0 Å². The summed E-state index contributed by atoms with van der Waals surface area (Å²) in [6.45, 7) is 9.09. The zero-order valence-corrected chi connectivity index (χ0v) is 20.8. The van der Waals surface area contributed by atoms with E-state index >= 15 is 0 Å². The zero-order chi connectivity index (χ0) is 22.4. The first kappa shape index (κ1) is 28.1. The van der Waals surface area contributed by atoms with Gasteiger partial charge in [0.1, 0.15) is 0 Å². The smallest absolute Gasteiger partial charge is 0.157 e. The highest BCUT2D eigenvalue weighted by Crippen LogP contribution is 2.15. The van der Waals surface area contributed by atoms with Crippen LogP contribution in [-0.4, -0.2) is 25.6 Å². The number of hydrogen-bond acceptors (Lipinski definition) is 3. The lowest BCUT2D eigenvalue weighted by Gasteiger charge is -2.19. The Labute approximate surface area is 193 Å². The van der Waals surface area contributed by atoms with Crippen molar-refractivity contribution in [2.75, 3.05) is 13.2 Å². The molecule has 0 fully saturated rings. The van der Waals surface area contributed by atoms with Crippen molar-refractivity contribution in [3.8, 4) is 0 Å². The van der Waals surface area contributed by atoms with Crippen LogP contribution in [0.25, 0.3) is 0 Å². The molecule has 0 heterocycles. The van der Waals surface area contributed by atoms with Gasteiger partial charge in [-0.25, -0.2) is 0 Å². The molecule has 1 atom stereocenters. The Morgan fingerprint density at radius 1 is 0.613 bits per heavy atom. The van der Waals surface area contributed by atoms with Gasteiger partial charge in [0.2, 0.25) is 0 Å². The van der Waals surface area contributed by atoms with E-state index in [-0.39, 0.29) is 6.29 Å². The van der Waals surface area contributed by atoms with Gasteiger partial charge in [0.15, 0.2) is 6.29 Å². The maximum atomic E-state index is 6.07. The molecule has 0 radical (unpaired) electrons. The Hall–Kier alpha value is -0.900. The van der Waals surface area contributed by atoms with E-state index in [1.165, 1.54) is 69.8 Å². The molecule has 31 heavy (non-hydrogen) atoms. The predicted octanol–water partition coefficient (Wildman–Crippen LogP) is 8.45. The molecule has 1 unspecified atom stereocenters. The monoisotopic (exact) mass is 434 g/mol. The van der Waals surface area contributed by atoms with Crippen LogP contribution in [0.3, 0.4) is 0 Å². The predicted molar refractivity (Wildman–Crippen MR) is 132 cm³/mol. The average molecular weight is 435 g/mol. The van der Waals surface area contributed by atoms with E-state index in [2.05, 4.69) is 45.0 Å². The minimum Gasteiger partial charge on any atom is -0.374 e. The first-order valence-electron chi connectivity index (χ1n) is 13.1. The fourth-order valence-electron chi connectivity index (χ4n) is 3.69. The molecule has 1 rings (SSSR count). The summed E-state index contributed by atoms with van der Waals surface area (Å²) in [5, 5.41) is 0. The van der Waals surface area contributed by atoms with Crippen molar-refractivity contribution in [3.05, 3.63) is 35.9 Å². The topological polar surface area (TPSA) is 27.7 Å². The zero-order valence-electron chi connectivity index (χ0n) is 20.8. The molecule has 180 valence electrons. The van der Waals surface area contributed by atoms with Crippen molar-refractivity contribution in [3.63, 3.8) is 0 Å². The van der Waals surface area contributed by atoms with Gasteiger partial charge in [-0.1, -0.05) is 102 Å². The number of rotatable bonds is 22. The van der Waals surface area contributed by atoms with E-state index in [0.29, 0.717) is 6.10 Å². The summed E-state index contributed by atoms with van der Waals surface area (Å²) in [5.74, 6) is 0. The molecule has 3 nitrogen and oxygen atoms in total. The summed E-state index contributed by atoms with van der Waals surface area (Å²) in [6.07, 6.45) is 17.4. The van der Waals surface area contributed by atoms with Crippen LogP contribution in [0.2, 0.25) is 0 Å². The third-order valence-corrected chi connectivity index (χ3v) is 5.78. The molecule has 0 amide bonds. The Morgan fingerprint density at radius 2 is 1.16 bits per heavy atom. The normalized spacial score (nSPS) is 12.5. The minimum absolute atomic E-state index is 0.00335. The number of unbranched alkanes of at least 4 members (excludes halogenated alkanes) is 9. The molecule has 1 aromatic carbocycles. The van der Waals surface area contributed by atoms with Crippen molar-refractivity contribution in [1.29, 1.82) is 0 Å². The maximum absolute atomic E-state index is 6.07. The van der Waals surface area contributed by atoms with Crippen molar-refractivity contribution < 1.29 is 14.2 Å². The Morgan fingerprint density at radius 3 is 1.74 bits per heavy atom. The van der Waals surface area contributed by atoms with Crippen molar-refractivity contribution in [1.82, 2.24) is 0 Å². The molecule has 0 aromatic heterocycles. The largest absolute Gasteiger partial charge is 0.374 e. The van der Waals surface area contributed by atoms with Gasteiger partial charge in [-0.05, 0) is 44.6 Å². The standard InChI is InChI=1S/C28H50O3/c1-4-6-8-17-23-29-28(30-24-18-9-7-5-2)22-16-11-10-13-19-26(3)31-25-27-20-14-12-15-21-27/h12,14-15,20-21,26,28H,4-11,13,16-19,22-25H2,1-3H3. The third kappa shape index (κ3) is 17.3. The first-order chi connectivity index (χ1) is 15.3. The SMILES string of the molecule is CCCCCCOC(CCCCCCC(C)OCc1ccccc1)OCCCCCC. The molecule has 1 aromatic rings. The first-order valence-corrected chi connectivity index (χ1v) is 13.1. The van der Waals surface area contributed by atoms with E-state index in [4.69, 9.17) is 14.2 Å². The van der Waals surface area contributed by atoms with Crippen LogP contribution in [-0.2, 0) is 20.8 Å². The molecule has 0 bridgehead atoms. The molecule has 3 heteroatoms. The molecule has 0 N–H and O–H groups in total. The molecular formula is C28H50O3. The van der Waals surface area contributed by atoms with E-state index in [1.54, 1.807) is 0 Å². The highest BCUT2D eigenvalue weighted by Gasteiger charge is 2.10. The molecule has 0 spiro atoms. The van der Waals surface area contributed by atoms with Gasteiger partial charge >= 0.3 is 0 Å². The summed E-state index contributed by atoms with van der Waals surface area (Å²) in [7, 11) is 0. The molecule has 0 aliphatic carbocycles. The Kier molecular flexibility index (Phi) is 19.0. The number of ether oxygens (including phenoxy) is 3. The summed E-state index contributed by atoms with van der Waals surface area (Å²) in [4.78, 5) is 0. The summed E-state index contributed by atoms with van der Waals surface area (Å²) >= 11 is 0. The maximum Gasteiger partial charge on any atom is 0.157 e. The Balaban J connectivity index is 2.09. The fraction of sp³-hybridized carbons (Fsp3) is 0.786.